The molecular formula is C18H16N2O3S. The molecule has 0 saturated heterocycles. The highest BCUT2D eigenvalue weighted by Crippen LogP contribution is 2.49. The molecule has 2 aromatic heterocycles. The third-order valence-electron chi connectivity index (χ3n) is 4.35. The minimum atomic E-state index is -0.470. The molecule has 2 heterocycles. The van der Waals surface area contributed by atoms with Gasteiger partial charge in [0.1, 0.15) is 11.4 Å². The van der Waals surface area contributed by atoms with Gasteiger partial charge in [0.05, 0.1) is 17.4 Å². The van der Waals surface area contributed by atoms with E-state index in [-0.39, 0.29) is 5.91 Å². The number of nitrogens with one attached hydrogen (secondary N) is 1. The van der Waals surface area contributed by atoms with E-state index in [2.05, 4.69) is 10.5 Å². The maximum Gasteiger partial charge on any atom is 0.237 e. The van der Waals surface area contributed by atoms with Crippen molar-refractivity contribution in [3.8, 4) is 16.3 Å². The van der Waals surface area contributed by atoms with Crippen molar-refractivity contribution in [2.24, 2.45) is 0 Å². The van der Waals surface area contributed by atoms with Crippen LogP contribution in [0.3, 0.4) is 0 Å². The van der Waals surface area contributed by atoms with Crippen molar-refractivity contribution in [1.82, 2.24) is 5.16 Å². The highest BCUT2D eigenvalue weighted by Gasteiger charge is 2.51. The third-order valence-corrected chi connectivity index (χ3v) is 5.24. The zero-order chi connectivity index (χ0) is 16.6. The number of amides is 1. The first kappa shape index (κ1) is 15.0. The van der Waals surface area contributed by atoms with Crippen molar-refractivity contribution in [2.45, 2.75) is 18.3 Å². The van der Waals surface area contributed by atoms with Gasteiger partial charge in [0.25, 0.3) is 0 Å². The van der Waals surface area contributed by atoms with Crippen LogP contribution in [-0.4, -0.2) is 18.2 Å². The Balaban J connectivity index is 1.51. The molecule has 0 bridgehead atoms. The molecule has 4 rings (SSSR count). The molecule has 0 unspecified atom stereocenters. The van der Waals surface area contributed by atoms with Gasteiger partial charge in [-0.1, -0.05) is 23.4 Å². The number of carbonyl (C=O) groups excluding carboxylic acids is 1. The van der Waals surface area contributed by atoms with E-state index in [0.29, 0.717) is 5.88 Å². The summed E-state index contributed by atoms with van der Waals surface area (Å²) < 4.78 is 10.4. The van der Waals surface area contributed by atoms with E-state index in [1.807, 2.05) is 41.8 Å². The number of rotatable bonds is 5. The minimum absolute atomic E-state index is 0.0541. The van der Waals surface area contributed by atoms with Gasteiger partial charge < -0.3 is 9.26 Å². The van der Waals surface area contributed by atoms with Gasteiger partial charge in [-0.05, 0) is 42.0 Å². The number of hydrogen-bond donors (Lipinski definition) is 1. The zero-order valence-electron chi connectivity index (χ0n) is 13.1. The number of nitrogens with zero attached hydrogens (tertiary/aromatic N) is 1. The number of aromatic nitrogens is 1. The fourth-order valence-corrected chi connectivity index (χ4v) is 3.47. The van der Waals surface area contributed by atoms with Crippen molar-refractivity contribution in [2.75, 3.05) is 12.4 Å². The second-order valence-corrected chi connectivity index (χ2v) is 6.77. The Labute approximate surface area is 143 Å². The molecule has 1 aromatic carbocycles. The van der Waals surface area contributed by atoms with Crippen LogP contribution in [0.1, 0.15) is 18.4 Å². The zero-order valence-corrected chi connectivity index (χ0v) is 13.9. The largest absolute Gasteiger partial charge is 0.497 e. The van der Waals surface area contributed by atoms with Crippen LogP contribution in [0.15, 0.2) is 52.4 Å². The Hall–Kier alpha value is -2.60. The number of methoxy groups -OCH3 is 1. The third kappa shape index (κ3) is 2.59. The lowest BCUT2D eigenvalue weighted by molar-refractivity contribution is -0.118. The van der Waals surface area contributed by atoms with Gasteiger partial charge in [0.2, 0.25) is 11.8 Å². The average molecular weight is 340 g/mol. The molecule has 122 valence electrons. The maximum atomic E-state index is 12.7. The van der Waals surface area contributed by atoms with Crippen molar-refractivity contribution >= 4 is 23.1 Å². The predicted octanol–water partition coefficient (Wildman–Crippen LogP) is 4.08. The first-order chi connectivity index (χ1) is 11.7. The smallest absolute Gasteiger partial charge is 0.237 e. The highest BCUT2D eigenvalue weighted by atomic mass is 32.1. The first-order valence-corrected chi connectivity index (χ1v) is 8.56. The average Bonchev–Trinajstić information content (AvgIpc) is 3.02. The van der Waals surface area contributed by atoms with E-state index in [4.69, 9.17) is 9.26 Å². The van der Waals surface area contributed by atoms with Crippen LogP contribution in [0.5, 0.6) is 5.75 Å². The molecular weight excluding hydrogens is 324 g/mol. The normalized spacial score (nSPS) is 15.0. The van der Waals surface area contributed by atoms with Crippen LogP contribution in [0.2, 0.25) is 0 Å². The van der Waals surface area contributed by atoms with Gasteiger partial charge in [-0.3, -0.25) is 10.1 Å². The number of hydrogen-bond acceptors (Lipinski definition) is 5. The molecule has 1 N–H and O–H groups in total. The lowest BCUT2D eigenvalue weighted by atomic mass is 9.95. The molecule has 1 amide bonds. The van der Waals surface area contributed by atoms with E-state index < -0.39 is 5.41 Å². The topological polar surface area (TPSA) is 64.4 Å². The second kappa shape index (κ2) is 5.79. The summed E-state index contributed by atoms with van der Waals surface area (Å²) >= 11 is 1.58. The summed E-state index contributed by atoms with van der Waals surface area (Å²) in [6, 6.07) is 13.3. The molecule has 0 atom stereocenters. The van der Waals surface area contributed by atoms with Crippen LogP contribution >= 0.6 is 11.3 Å². The quantitative estimate of drug-likeness (QED) is 0.760. The molecule has 5 nitrogen and oxygen atoms in total. The molecule has 0 radical (unpaired) electrons. The van der Waals surface area contributed by atoms with Gasteiger partial charge >= 0.3 is 0 Å². The van der Waals surface area contributed by atoms with Crippen molar-refractivity contribution in [3.63, 3.8) is 0 Å². The standard InChI is InChI=1S/C18H16N2O3S/c1-22-13-6-4-12(5-7-13)18(8-9-18)17(21)19-16-11-14(20-23-16)15-3-2-10-24-15/h2-7,10-11H,8-9H2,1H3,(H,19,21). The lowest BCUT2D eigenvalue weighted by Gasteiger charge is -2.14. The summed E-state index contributed by atoms with van der Waals surface area (Å²) in [6.07, 6.45) is 1.66. The number of carbonyl (C=O) groups is 1. The number of ether oxygens (including phenoxy) is 1. The van der Waals surface area contributed by atoms with E-state index in [1.54, 1.807) is 24.5 Å². The first-order valence-electron chi connectivity index (χ1n) is 7.68. The maximum absolute atomic E-state index is 12.7. The number of benzene rings is 1. The molecule has 1 aliphatic rings. The van der Waals surface area contributed by atoms with E-state index in [1.165, 1.54) is 0 Å². The van der Waals surface area contributed by atoms with Gasteiger partial charge in [0.15, 0.2) is 0 Å². The molecule has 1 saturated carbocycles. The number of anilines is 1. The van der Waals surface area contributed by atoms with Crippen molar-refractivity contribution < 1.29 is 14.1 Å². The summed E-state index contributed by atoms with van der Waals surface area (Å²) in [4.78, 5) is 13.7. The van der Waals surface area contributed by atoms with Crippen LogP contribution in [0.25, 0.3) is 10.6 Å². The molecule has 3 aromatic rings. The molecule has 1 aliphatic carbocycles. The van der Waals surface area contributed by atoms with Gasteiger partial charge in [-0.2, -0.15) is 0 Å². The molecule has 0 aliphatic heterocycles. The molecule has 1 fully saturated rings. The Kier molecular flexibility index (Phi) is 3.61. The van der Waals surface area contributed by atoms with Crippen LogP contribution < -0.4 is 10.1 Å². The Morgan fingerprint density at radius 3 is 2.71 bits per heavy atom. The lowest BCUT2D eigenvalue weighted by Crippen LogP contribution is -2.27. The molecule has 24 heavy (non-hydrogen) atoms. The van der Waals surface area contributed by atoms with Crippen LogP contribution in [0, 0.1) is 0 Å². The van der Waals surface area contributed by atoms with E-state index in [9.17, 15) is 4.79 Å². The van der Waals surface area contributed by atoms with Crippen molar-refractivity contribution in [1.29, 1.82) is 0 Å². The summed E-state index contributed by atoms with van der Waals surface area (Å²) in [5, 5.41) is 8.85. The number of thiophene rings is 1. The summed E-state index contributed by atoms with van der Waals surface area (Å²) in [7, 11) is 1.63. The molecule has 0 spiro atoms. The summed E-state index contributed by atoms with van der Waals surface area (Å²) in [5.41, 5.74) is 1.26. The van der Waals surface area contributed by atoms with Gasteiger partial charge in [-0.15, -0.1) is 11.3 Å². The van der Waals surface area contributed by atoms with Crippen LogP contribution in [-0.2, 0) is 10.2 Å². The monoisotopic (exact) mass is 340 g/mol. The summed E-state index contributed by atoms with van der Waals surface area (Å²) in [6.45, 7) is 0. The Bertz CT molecular complexity index is 849. The van der Waals surface area contributed by atoms with Crippen molar-refractivity contribution in [3.05, 3.63) is 53.4 Å². The fraction of sp³-hybridized carbons (Fsp3) is 0.222. The summed E-state index contributed by atoms with van der Waals surface area (Å²) in [5.74, 6) is 1.11. The predicted molar refractivity (Wildman–Crippen MR) is 92.4 cm³/mol. The van der Waals surface area contributed by atoms with Gasteiger partial charge in [0, 0.05) is 6.07 Å². The fourth-order valence-electron chi connectivity index (χ4n) is 2.79. The SMILES string of the molecule is COc1ccc(C2(C(=O)Nc3cc(-c4cccs4)no3)CC2)cc1. The highest BCUT2D eigenvalue weighted by molar-refractivity contribution is 7.13. The minimum Gasteiger partial charge on any atom is -0.497 e. The second-order valence-electron chi connectivity index (χ2n) is 5.82. The Morgan fingerprint density at radius 2 is 2.08 bits per heavy atom. The van der Waals surface area contributed by atoms with Gasteiger partial charge in [-0.25, -0.2) is 0 Å². The van der Waals surface area contributed by atoms with Crippen LogP contribution in [0.4, 0.5) is 5.88 Å². The Morgan fingerprint density at radius 1 is 1.29 bits per heavy atom. The van der Waals surface area contributed by atoms with E-state index >= 15 is 0 Å². The molecule has 6 heteroatoms. The van der Waals surface area contributed by atoms with E-state index in [0.717, 1.165) is 34.7 Å².